The van der Waals surface area contributed by atoms with E-state index in [0.29, 0.717) is 0 Å². The molecule has 0 nitrogen and oxygen atoms in total. The quantitative estimate of drug-likeness (QED) is 0.393. The second-order valence-electron chi connectivity index (χ2n) is 1.00. The van der Waals surface area contributed by atoms with Gasteiger partial charge in [0.15, 0.2) is 0 Å². The van der Waals surface area contributed by atoms with Crippen molar-refractivity contribution in [3.63, 3.8) is 0 Å². The molecule has 0 aromatic heterocycles. The van der Waals surface area contributed by atoms with Crippen LogP contribution in [0.15, 0.2) is 18.2 Å². The number of hydrogen-bond donors (Lipinski definition) is 0. The van der Waals surface area contributed by atoms with E-state index >= 15 is 0 Å². The van der Waals surface area contributed by atoms with Crippen LogP contribution in [0.3, 0.4) is 0 Å². The molecule has 0 aliphatic heterocycles. The zero-order valence-corrected chi connectivity index (χ0v) is 8.10. The zero-order valence-electron chi connectivity index (χ0n) is 4.05. The average Bonchev–Trinajstić information content (AvgIpc) is 1.76. The first kappa shape index (κ1) is 15.9. The Morgan fingerprint density at radius 3 is 2.00 bits per heavy atom. The third-order valence-corrected chi connectivity index (χ3v) is 0.586. The van der Waals surface area contributed by atoms with E-state index in [0.717, 1.165) is 6.42 Å². The summed E-state index contributed by atoms with van der Waals surface area (Å²) in [5.41, 5.74) is 0. The van der Waals surface area contributed by atoms with Gasteiger partial charge >= 0.3 is 19.8 Å². The molecule has 0 aromatic rings. The molecule has 0 saturated heterocycles. The number of halogens is 2. The zero-order chi connectivity index (χ0) is 3.54. The molecule has 0 unspecified atom stereocenters. The summed E-state index contributed by atoms with van der Waals surface area (Å²) >= 11 is 0. The summed E-state index contributed by atoms with van der Waals surface area (Å²) in [6.45, 7) is 0. The minimum atomic E-state index is 0. The van der Waals surface area contributed by atoms with Gasteiger partial charge in [-0.2, -0.15) is 6.08 Å². The maximum absolute atomic E-state index is 2.99. The van der Waals surface area contributed by atoms with Crippen LogP contribution in [-0.2, 0) is 19.8 Å². The molecule has 0 spiro atoms. The molecule has 0 atom stereocenters. The maximum atomic E-state index is 2.99. The van der Waals surface area contributed by atoms with Crippen molar-refractivity contribution in [2.75, 3.05) is 0 Å². The number of rotatable bonds is 0. The smallest absolute Gasteiger partial charge is 1.00 e. The summed E-state index contributed by atoms with van der Waals surface area (Å²) in [6, 6.07) is 0. The van der Waals surface area contributed by atoms with Gasteiger partial charge in [-0.1, -0.05) is 0 Å². The Hall–Kier alpha value is 0.696. The van der Waals surface area contributed by atoms with Crippen molar-refractivity contribution >= 4 is 0 Å². The van der Waals surface area contributed by atoms with Gasteiger partial charge < -0.3 is 24.8 Å². The Bertz CT molecular complexity index is 68.5. The molecule has 0 fully saturated rings. The molecule has 8 heavy (non-hydrogen) atoms. The second-order valence-corrected chi connectivity index (χ2v) is 1.00. The van der Waals surface area contributed by atoms with Crippen LogP contribution in [0.25, 0.3) is 0 Å². The van der Waals surface area contributed by atoms with Gasteiger partial charge in [0.1, 0.15) is 0 Å². The third kappa shape index (κ3) is 6.70. The van der Waals surface area contributed by atoms with Gasteiger partial charge in [0.2, 0.25) is 0 Å². The molecule has 1 rings (SSSR count). The molecule has 0 saturated carbocycles. The minimum Gasteiger partial charge on any atom is -1.00 e. The van der Waals surface area contributed by atoms with Crippen LogP contribution in [0.5, 0.6) is 0 Å². The van der Waals surface area contributed by atoms with Crippen molar-refractivity contribution < 1.29 is 44.6 Å². The predicted octanol–water partition coefficient (Wildman–Crippen LogP) is -4.69. The molecule has 48 valence electrons. The first-order valence-electron chi connectivity index (χ1n) is 1.72. The molecule has 0 amide bonds. The van der Waals surface area contributed by atoms with Crippen LogP contribution in [0.1, 0.15) is 6.42 Å². The van der Waals surface area contributed by atoms with Crippen LogP contribution in [0.4, 0.5) is 0 Å². The van der Waals surface area contributed by atoms with E-state index in [4.69, 9.17) is 0 Å². The summed E-state index contributed by atoms with van der Waals surface area (Å²) in [6.07, 6.45) is 10.0. The molecule has 0 radical (unpaired) electrons. The van der Waals surface area contributed by atoms with Crippen LogP contribution in [-0.4, -0.2) is 0 Å². The van der Waals surface area contributed by atoms with Gasteiger partial charge in [-0.25, -0.2) is 12.2 Å². The molecule has 0 N–H and O–H groups in total. The largest absolute Gasteiger partial charge is 2.00 e. The van der Waals surface area contributed by atoms with Crippen molar-refractivity contribution in [3.05, 3.63) is 24.3 Å². The monoisotopic (exact) mass is 327 g/mol. The Morgan fingerprint density at radius 2 is 1.88 bits per heavy atom. The summed E-state index contributed by atoms with van der Waals surface area (Å²) in [5.74, 6) is 0. The minimum absolute atomic E-state index is 0. The first-order chi connectivity index (χ1) is 2.50. The molecular weight excluding hydrogens is 321 g/mol. The van der Waals surface area contributed by atoms with Gasteiger partial charge in [0.05, 0.1) is 0 Å². The Balaban J connectivity index is -0.0000000833. The van der Waals surface area contributed by atoms with Crippen LogP contribution in [0, 0.1) is 6.08 Å². The van der Waals surface area contributed by atoms with Gasteiger partial charge in [0.25, 0.3) is 0 Å². The number of hydrogen-bond acceptors (Lipinski definition) is 0. The van der Waals surface area contributed by atoms with Gasteiger partial charge in [-0.05, 0) is 0 Å². The van der Waals surface area contributed by atoms with E-state index in [-0.39, 0.29) is 44.6 Å². The first-order valence-corrected chi connectivity index (χ1v) is 1.72. The Labute approximate surface area is 75.3 Å². The van der Waals surface area contributed by atoms with Crippen molar-refractivity contribution in [1.82, 2.24) is 0 Å². The SMILES string of the molecule is [C-]1=CC=CC1.[Cl-].[Cl-].[Os+2]. The van der Waals surface area contributed by atoms with Crippen molar-refractivity contribution in [1.29, 1.82) is 0 Å². The van der Waals surface area contributed by atoms with E-state index in [2.05, 4.69) is 12.2 Å². The summed E-state index contributed by atoms with van der Waals surface area (Å²) < 4.78 is 0. The summed E-state index contributed by atoms with van der Waals surface area (Å²) in [5, 5.41) is 0. The normalized spacial score (nSPS) is 11.0. The van der Waals surface area contributed by atoms with Gasteiger partial charge in [-0.3, -0.25) is 6.08 Å². The van der Waals surface area contributed by atoms with Crippen molar-refractivity contribution in [3.8, 4) is 0 Å². The molecular formula is C5H5Cl2Os-. The van der Waals surface area contributed by atoms with Gasteiger partial charge in [-0.15, -0.1) is 6.42 Å². The molecule has 1 aliphatic carbocycles. The Kier molecular flexibility index (Phi) is 21.1. The fraction of sp³-hybridized carbons (Fsp3) is 0.200. The maximum Gasteiger partial charge on any atom is 2.00 e. The molecule has 3 heteroatoms. The van der Waals surface area contributed by atoms with Crippen LogP contribution >= 0.6 is 0 Å². The third-order valence-electron chi connectivity index (χ3n) is 0.586. The van der Waals surface area contributed by atoms with E-state index < -0.39 is 0 Å². The molecule has 1 aliphatic rings. The van der Waals surface area contributed by atoms with E-state index in [1.165, 1.54) is 0 Å². The van der Waals surface area contributed by atoms with Gasteiger partial charge in [0, 0.05) is 0 Å². The standard InChI is InChI=1S/C5H5.2ClH.Os/c1-2-4-5-3-1;;;/h1-3H,4H2;2*1H;/q-1;;;+2/p-2. The summed E-state index contributed by atoms with van der Waals surface area (Å²) in [7, 11) is 0. The average molecular weight is 326 g/mol. The van der Waals surface area contributed by atoms with E-state index in [1.807, 2.05) is 12.2 Å². The summed E-state index contributed by atoms with van der Waals surface area (Å²) in [4.78, 5) is 0. The second kappa shape index (κ2) is 10.6. The fourth-order valence-electron chi connectivity index (χ4n) is 0.340. The molecule has 0 heterocycles. The number of allylic oxidation sites excluding steroid dienone is 4. The van der Waals surface area contributed by atoms with E-state index in [9.17, 15) is 0 Å². The topological polar surface area (TPSA) is 0 Å². The van der Waals surface area contributed by atoms with Crippen molar-refractivity contribution in [2.24, 2.45) is 0 Å². The molecule has 0 aromatic carbocycles. The van der Waals surface area contributed by atoms with Crippen molar-refractivity contribution in [2.45, 2.75) is 6.42 Å². The van der Waals surface area contributed by atoms with Crippen LogP contribution < -0.4 is 24.8 Å². The Morgan fingerprint density at radius 1 is 1.25 bits per heavy atom. The van der Waals surface area contributed by atoms with Crippen LogP contribution in [0.2, 0.25) is 0 Å². The van der Waals surface area contributed by atoms with E-state index in [1.54, 1.807) is 0 Å². The fourth-order valence-corrected chi connectivity index (χ4v) is 0.340. The predicted molar refractivity (Wildman–Crippen MR) is 21.6 cm³/mol. The molecule has 0 bridgehead atoms.